The number of hydrogen-bond acceptors (Lipinski definition) is 5. The fourth-order valence-electron chi connectivity index (χ4n) is 3.29. The van der Waals surface area contributed by atoms with E-state index in [0.717, 1.165) is 32.7 Å². The summed E-state index contributed by atoms with van der Waals surface area (Å²) in [7, 11) is 1.59. The zero-order valence-electron chi connectivity index (χ0n) is 13.7. The Morgan fingerprint density at radius 3 is 2.30 bits per heavy atom. The molecule has 6 nitrogen and oxygen atoms in total. The number of benzene rings is 1. The number of carbonyl (C=O) groups is 2. The zero-order valence-corrected chi connectivity index (χ0v) is 13.7. The van der Waals surface area contributed by atoms with Gasteiger partial charge in [-0.05, 0) is 30.8 Å². The van der Waals surface area contributed by atoms with E-state index in [-0.39, 0.29) is 24.3 Å². The number of carbonyl (C=O) groups excluding carboxylic acids is 2. The molecule has 0 radical (unpaired) electrons. The normalized spacial score (nSPS) is 23.6. The lowest BCUT2D eigenvalue weighted by atomic mass is 10.1. The molecule has 2 saturated heterocycles. The van der Waals surface area contributed by atoms with E-state index in [4.69, 9.17) is 4.74 Å². The van der Waals surface area contributed by atoms with Gasteiger partial charge < -0.3 is 9.64 Å². The van der Waals surface area contributed by atoms with Crippen molar-refractivity contribution in [1.29, 1.82) is 0 Å². The molecule has 1 atom stereocenters. The predicted molar refractivity (Wildman–Crippen MR) is 87.6 cm³/mol. The van der Waals surface area contributed by atoms with E-state index in [2.05, 4.69) is 16.7 Å². The van der Waals surface area contributed by atoms with Gasteiger partial charge in [0, 0.05) is 26.2 Å². The molecule has 0 N–H and O–H groups in total. The summed E-state index contributed by atoms with van der Waals surface area (Å²) in [6, 6.07) is 6.73. The van der Waals surface area contributed by atoms with Crippen molar-refractivity contribution in [2.75, 3.05) is 44.7 Å². The SMILES string of the molecule is CCN1CCN([C@@H]2CC(=O)N(c3ccc(OC)cc3)C2=O)CC1. The van der Waals surface area contributed by atoms with Gasteiger partial charge in [0.25, 0.3) is 5.91 Å². The zero-order chi connectivity index (χ0) is 16.4. The van der Waals surface area contributed by atoms with Crippen LogP contribution in [0.4, 0.5) is 5.69 Å². The van der Waals surface area contributed by atoms with E-state index in [1.807, 2.05) is 0 Å². The quantitative estimate of drug-likeness (QED) is 0.775. The van der Waals surface area contributed by atoms with Crippen LogP contribution < -0.4 is 9.64 Å². The second-order valence-corrected chi connectivity index (χ2v) is 5.96. The van der Waals surface area contributed by atoms with Gasteiger partial charge in [-0.25, -0.2) is 4.90 Å². The van der Waals surface area contributed by atoms with Crippen LogP contribution in [0, 0.1) is 0 Å². The molecule has 3 rings (SSSR count). The molecule has 1 aromatic rings. The fourth-order valence-corrected chi connectivity index (χ4v) is 3.29. The van der Waals surface area contributed by atoms with Crippen LogP contribution >= 0.6 is 0 Å². The van der Waals surface area contributed by atoms with Crippen LogP contribution in [0.2, 0.25) is 0 Å². The van der Waals surface area contributed by atoms with Gasteiger partial charge >= 0.3 is 0 Å². The molecule has 124 valence electrons. The van der Waals surface area contributed by atoms with E-state index >= 15 is 0 Å². The summed E-state index contributed by atoms with van der Waals surface area (Å²) in [5.74, 6) is 0.480. The number of rotatable bonds is 4. The lowest BCUT2D eigenvalue weighted by molar-refractivity contribution is -0.123. The minimum absolute atomic E-state index is 0.106. The Labute approximate surface area is 136 Å². The molecule has 0 aliphatic carbocycles. The summed E-state index contributed by atoms with van der Waals surface area (Å²) in [6.07, 6.45) is 0.275. The molecule has 2 fully saturated rings. The number of anilines is 1. The van der Waals surface area contributed by atoms with Crippen LogP contribution in [0.25, 0.3) is 0 Å². The summed E-state index contributed by atoms with van der Waals surface area (Å²) in [4.78, 5) is 30.9. The highest BCUT2D eigenvalue weighted by Gasteiger charge is 2.43. The van der Waals surface area contributed by atoms with Crippen molar-refractivity contribution in [3.8, 4) is 5.75 Å². The third-order valence-corrected chi connectivity index (χ3v) is 4.75. The first-order valence-corrected chi connectivity index (χ1v) is 8.11. The molecular formula is C17H23N3O3. The maximum atomic E-state index is 12.7. The largest absolute Gasteiger partial charge is 0.497 e. The highest BCUT2D eigenvalue weighted by atomic mass is 16.5. The maximum Gasteiger partial charge on any atom is 0.251 e. The average Bonchev–Trinajstić information content (AvgIpc) is 2.89. The van der Waals surface area contributed by atoms with Crippen molar-refractivity contribution in [1.82, 2.24) is 9.80 Å². The second-order valence-electron chi connectivity index (χ2n) is 5.96. The first-order valence-electron chi connectivity index (χ1n) is 8.11. The number of methoxy groups -OCH3 is 1. The lowest BCUT2D eigenvalue weighted by Crippen LogP contribution is -2.52. The number of nitrogens with zero attached hydrogens (tertiary/aromatic N) is 3. The van der Waals surface area contributed by atoms with Gasteiger partial charge in [0.05, 0.1) is 25.3 Å². The fraction of sp³-hybridized carbons (Fsp3) is 0.529. The Kier molecular flexibility index (Phi) is 4.63. The molecule has 0 spiro atoms. The predicted octanol–water partition coefficient (Wildman–Crippen LogP) is 0.965. The van der Waals surface area contributed by atoms with E-state index in [1.165, 1.54) is 4.90 Å². The standard InChI is InChI=1S/C17H23N3O3/c1-3-18-8-10-19(11-9-18)15-12-16(21)20(17(15)22)13-4-6-14(23-2)7-5-13/h4-7,15H,3,8-12H2,1-2H3/t15-/m1/s1. The smallest absolute Gasteiger partial charge is 0.251 e. The number of hydrogen-bond donors (Lipinski definition) is 0. The van der Waals surface area contributed by atoms with Crippen molar-refractivity contribution < 1.29 is 14.3 Å². The van der Waals surface area contributed by atoms with Crippen molar-refractivity contribution in [3.05, 3.63) is 24.3 Å². The summed E-state index contributed by atoms with van der Waals surface area (Å²) in [5, 5.41) is 0. The summed E-state index contributed by atoms with van der Waals surface area (Å²) < 4.78 is 5.12. The Balaban J connectivity index is 1.72. The molecule has 2 heterocycles. The van der Waals surface area contributed by atoms with Gasteiger partial charge in [-0.1, -0.05) is 6.92 Å². The molecular weight excluding hydrogens is 294 g/mol. The van der Waals surface area contributed by atoms with Crippen LogP contribution in [0.5, 0.6) is 5.75 Å². The molecule has 1 aromatic carbocycles. The minimum Gasteiger partial charge on any atom is -0.497 e. The third-order valence-electron chi connectivity index (χ3n) is 4.75. The van der Waals surface area contributed by atoms with Crippen LogP contribution in [-0.4, -0.2) is 67.5 Å². The number of amides is 2. The molecule has 0 saturated carbocycles. The van der Waals surface area contributed by atoms with Crippen molar-refractivity contribution in [2.45, 2.75) is 19.4 Å². The molecule has 2 aliphatic rings. The molecule has 6 heteroatoms. The number of piperazine rings is 1. The average molecular weight is 317 g/mol. The highest BCUT2D eigenvalue weighted by Crippen LogP contribution is 2.27. The van der Waals surface area contributed by atoms with E-state index < -0.39 is 0 Å². The Morgan fingerprint density at radius 1 is 1.09 bits per heavy atom. The monoisotopic (exact) mass is 317 g/mol. The maximum absolute atomic E-state index is 12.7. The summed E-state index contributed by atoms with van der Waals surface area (Å²) in [5.41, 5.74) is 0.621. The number of likely N-dealkylation sites (N-methyl/N-ethyl adjacent to an activating group) is 1. The molecule has 23 heavy (non-hydrogen) atoms. The number of ether oxygens (including phenoxy) is 1. The Hall–Kier alpha value is -1.92. The van der Waals surface area contributed by atoms with Gasteiger partial charge in [0.15, 0.2) is 0 Å². The van der Waals surface area contributed by atoms with Crippen molar-refractivity contribution in [3.63, 3.8) is 0 Å². The molecule has 0 unspecified atom stereocenters. The second kappa shape index (κ2) is 6.68. The molecule has 0 aromatic heterocycles. The van der Waals surface area contributed by atoms with E-state index in [9.17, 15) is 9.59 Å². The van der Waals surface area contributed by atoms with E-state index in [0.29, 0.717) is 11.4 Å². The summed E-state index contributed by atoms with van der Waals surface area (Å²) >= 11 is 0. The number of imide groups is 1. The van der Waals surface area contributed by atoms with E-state index in [1.54, 1.807) is 31.4 Å². The third kappa shape index (κ3) is 3.09. The molecule has 0 bridgehead atoms. The molecule has 2 aliphatic heterocycles. The van der Waals surface area contributed by atoms with Crippen molar-refractivity contribution in [2.24, 2.45) is 0 Å². The van der Waals surface area contributed by atoms with Gasteiger partial charge in [-0.15, -0.1) is 0 Å². The Bertz CT molecular complexity index is 579. The minimum atomic E-state index is -0.316. The molecule has 2 amide bonds. The Morgan fingerprint density at radius 2 is 1.74 bits per heavy atom. The summed E-state index contributed by atoms with van der Waals surface area (Å²) in [6.45, 7) is 6.77. The van der Waals surface area contributed by atoms with Crippen molar-refractivity contribution >= 4 is 17.5 Å². The topological polar surface area (TPSA) is 53.1 Å². The highest BCUT2D eigenvalue weighted by molar-refractivity contribution is 6.22. The first-order chi connectivity index (χ1) is 11.1. The van der Waals surface area contributed by atoms with Gasteiger partial charge in [-0.2, -0.15) is 0 Å². The lowest BCUT2D eigenvalue weighted by Gasteiger charge is -2.36. The first kappa shape index (κ1) is 16.0. The van der Waals surface area contributed by atoms with Gasteiger partial charge in [0.1, 0.15) is 5.75 Å². The van der Waals surface area contributed by atoms with Crippen LogP contribution in [-0.2, 0) is 9.59 Å². The van der Waals surface area contributed by atoms with Crippen LogP contribution in [0.1, 0.15) is 13.3 Å². The van der Waals surface area contributed by atoms with Gasteiger partial charge in [-0.3, -0.25) is 14.5 Å². The van der Waals surface area contributed by atoms with Gasteiger partial charge in [0.2, 0.25) is 5.91 Å². The van der Waals surface area contributed by atoms with Crippen LogP contribution in [0.3, 0.4) is 0 Å². The van der Waals surface area contributed by atoms with Crippen LogP contribution in [0.15, 0.2) is 24.3 Å².